The molecule has 0 saturated heterocycles. The third-order valence-corrected chi connectivity index (χ3v) is 8.35. The fourth-order valence-corrected chi connectivity index (χ4v) is 6.90. The molecule has 0 N–H and O–H groups in total. The molecule has 2 aromatic heterocycles. The van der Waals surface area contributed by atoms with Crippen LogP contribution in [0.4, 0.5) is 0 Å². The van der Waals surface area contributed by atoms with Crippen molar-refractivity contribution < 1.29 is 0 Å². The minimum absolute atomic E-state index is 1.22. The molecule has 0 atom stereocenters. The molecule has 0 radical (unpaired) electrons. The summed E-state index contributed by atoms with van der Waals surface area (Å²) < 4.78 is 5.80. The summed E-state index contributed by atoms with van der Waals surface area (Å²) in [6.07, 6.45) is 9.41. The molecule has 0 spiro atoms. The first-order valence-electron chi connectivity index (χ1n) is 10.6. The summed E-state index contributed by atoms with van der Waals surface area (Å²) in [6.45, 7) is 2.29. The highest BCUT2D eigenvalue weighted by Crippen LogP contribution is 2.45. The maximum absolute atomic E-state index is 2.47. The summed E-state index contributed by atoms with van der Waals surface area (Å²) in [6, 6.07) is 20.6. The highest BCUT2D eigenvalue weighted by Gasteiger charge is 2.13. The molecule has 2 heterocycles. The molecule has 0 fully saturated rings. The fraction of sp³-hybridized carbons (Fsp3) is 0.308. The Hall–Kier alpha value is -1.90. The number of hydrogen-bond acceptors (Lipinski definition) is 2. The Morgan fingerprint density at radius 2 is 1.32 bits per heavy atom. The van der Waals surface area contributed by atoms with Gasteiger partial charge in [-0.3, -0.25) is 0 Å². The van der Waals surface area contributed by atoms with Crippen molar-refractivity contribution in [3.8, 4) is 0 Å². The second-order valence-electron chi connectivity index (χ2n) is 7.91. The van der Waals surface area contributed by atoms with Crippen molar-refractivity contribution in [2.45, 2.75) is 51.9 Å². The van der Waals surface area contributed by atoms with Crippen molar-refractivity contribution in [3.05, 3.63) is 60.2 Å². The third-order valence-electron chi connectivity index (χ3n) is 5.83. The van der Waals surface area contributed by atoms with E-state index >= 15 is 0 Å². The van der Waals surface area contributed by atoms with Crippen LogP contribution in [0.15, 0.2) is 54.6 Å². The lowest BCUT2D eigenvalue weighted by Gasteiger charge is -2.02. The number of fused-ring (bicyclic) bond motifs is 6. The number of rotatable bonds is 7. The average molecular weight is 403 g/mol. The van der Waals surface area contributed by atoms with Gasteiger partial charge in [0.15, 0.2) is 0 Å². The number of thiophene rings is 2. The molecule has 2 heteroatoms. The molecule has 0 amide bonds. The lowest BCUT2D eigenvalue weighted by molar-refractivity contribution is 0.607. The standard InChI is InChI=1S/C26H26S2/c1-2-3-4-5-6-7-10-18-13-14-23-21(15-18)25-26(27-23)22-16-19-11-8-9-12-20(19)17-24(22)28-25/h8-9,11-17H,2-7,10H2,1H3. The summed E-state index contributed by atoms with van der Waals surface area (Å²) in [5.74, 6) is 0. The maximum Gasteiger partial charge on any atom is 0.0542 e. The van der Waals surface area contributed by atoms with Crippen molar-refractivity contribution in [1.82, 2.24) is 0 Å². The predicted molar refractivity (Wildman–Crippen MR) is 129 cm³/mol. The molecule has 0 aliphatic heterocycles. The van der Waals surface area contributed by atoms with Gasteiger partial charge in [0, 0.05) is 20.2 Å². The van der Waals surface area contributed by atoms with Gasteiger partial charge in [-0.2, -0.15) is 0 Å². The van der Waals surface area contributed by atoms with Crippen molar-refractivity contribution in [3.63, 3.8) is 0 Å². The second-order valence-corrected chi connectivity index (χ2v) is 10.0. The number of hydrogen-bond donors (Lipinski definition) is 0. The minimum Gasteiger partial charge on any atom is -0.134 e. The first kappa shape index (κ1) is 18.1. The molecule has 0 saturated carbocycles. The van der Waals surface area contributed by atoms with E-state index in [1.807, 2.05) is 22.7 Å². The summed E-state index contributed by atoms with van der Waals surface area (Å²) in [4.78, 5) is 0. The van der Waals surface area contributed by atoms with E-state index in [-0.39, 0.29) is 0 Å². The topological polar surface area (TPSA) is 0 Å². The first-order valence-corrected chi connectivity index (χ1v) is 12.2. The van der Waals surface area contributed by atoms with Crippen LogP contribution in [-0.2, 0) is 6.42 Å². The van der Waals surface area contributed by atoms with Crippen LogP contribution in [0.1, 0.15) is 51.0 Å². The van der Waals surface area contributed by atoms with Crippen LogP contribution >= 0.6 is 22.7 Å². The molecule has 0 unspecified atom stereocenters. The molecule has 142 valence electrons. The van der Waals surface area contributed by atoms with Gasteiger partial charge in [0.05, 0.1) is 9.40 Å². The summed E-state index contributed by atoms with van der Waals surface area (Å²) in [5, 5.41) is 5.58. The predicted octanol–water partition coefficient (Wildman–Crippen LogP) is 9.33. The summed E-state index contributed by atoms with van der Waals surface area (Å²) >= 11 is 3.93. The van der Waals surface area contributed by atoms with Crippen LogP contribution in [0.25, 0.3) is 40.3 Å². The second kappa shape index (κ2) is 7.85. The zero-order chi connectivity index (χ0) is 18.9. The number of benzene rings is 3. The highest BCUT2D eigenvalue weighted by molar-refractivity contribution is 7.36. The van der Waals surface area contributed by atoms with Gasteiger partial charge < -0.3 is 0 Å². The van der Waals surface area contributed by atoms with E-state index in [1.165, 1.54) is 90.9 Å². The van der Waals surface area contributed by atoms with E-state index in [2.05, 4.69) is 61.5 Å². The fourth-order valence-electron chi connectivity index (χ4n) is 4.26. The molecule has 0 bridgehead atoms. The normalized spacial score (nSPS) is 12.0. The Labute approximate surface area is 174 Å². The molecule has 0 nitrogen and oxygen atoms in total. The Balaban J connectivity index is 1.47. The van der Waals surface area contributed by atoms with Gasteiger partial charge in [-0.25, -0.2) is 0 Å². The molecule has 5 rings (SSSR count). The van der Waals surface area contributed by atoms with Crippen LogP contribution in [0, 0.1) is 0 Å². The summed E-state index contributed by atoms with van der Waals surface area (Å²) in [5.41, 5.74) is 1.50. The number of aryl methyl sites for hydroxylation is 1. The van der Waals surface area contributed by atoms with Crippen LogP contribution in [0.3, 0.4) is 0 Å². The van der Waals surface area contributed by atoms with Gasteiger partial charge in [0.1, 0.15) is 0 Å². The summed E-state index contributed by atoms with van der Waals surface area (Å²) in [7, 11) is 0. The van der Waals surface area contributed by atoms with Gasteiger partial charge in [-0.15, -0.1) is 22.7 Å². The number of unbranched alkanes of at least 4 members (excludes halogenated alkanes) is 5. The maximum atomic E-state index is 2.47. The van der Waals surface area contributed by atoms with Crippen LogP contribution in [-0.4, -0.2) is 0 Å². The Morgan fingerprint density at radius 1 is 0.643 bits per heavy atom. The van der Waals surface area contributed by atoms with E-state index in [0.717, 1.165) is 0 Å². The van der Waals surface area contributed by atoms with E-state index in [0.29, 0.717) is 0 Å². The SMILES string of the molecule is CCCCCCCCc1ccc2sc3c4cc5ccccc5cc4sc3c2c1. The minimum atomic E-state index is 1.22. The smallest absolute Gasteiger partial charge is 0.0542 e. The van der Waals surface area contributed by atoms with E-state index in [9.17, 15) is 0 Å². The lowest BCUT2D eigenvalue weighted by Crippen LogP contribution is -1.86. The van der Waals surface area contributed by atoms with E-state index in [4.69, 9.17) is 0 Å². The molecule has 28 heavy (non-hydrogen) atoms. The van der Waals surface area contributed by atoms with Gasteiger partial charge in [0.2, 0.25) is 0 Å². The zero-order valence-corrected chi connectivity index (χ0v) is 18.1. The molecule has 5 aromatic rings. The highest BCUT2D eigenvalue weighted by atomic mass is 32.1. The third kappa shape index (κ3) is 3.33. The van der Waals surface area contributed by atoms with Crippen molar-refractivity contribution in [2.24, 2.45) is 0 Å². The molecular weight excluding hydrogens is 376 g/mol. The van der Waals surface area contributed by atoms with Crippen LogP contribution in [0.5, 0.6) is 0 Å². The van der Waals surface area contributed by atoms with Gasteiger partial charge in [-0.1, -0.05) is 69.4 Å². The monoisotopic (exact) mass is 402 g/mol. The molecule has 0 aliphatic rings. The lowest BCUT2D eigenvalue weighted by atomic mass is 10.0. The van der Waals surface area contributed by atoms with Crippen LogP contribution < -0.4 is 0 Å². The molecular formula is C26H26S2. The molecule has 0 aliphatic carbocycles. The quantitative estimate of drug-likeness (QED) is 0.238. The van der Waals surface area contributed by atoms with Crippen molar-refractivity contribution in [1.29, 1.82) is 0 Å². The largest absolute Gasteiger partial charge is 0.134 e. The van der Waals surface area contributed by atoms with E-state index < -0.39 is 0 Å². The van der Waals surface area contributed by atoms with Gasteiger partial charge in [0.25, 0.3) is 0 Å². The van der Waals surface area contributed by atoms with Crippen molar-refractivity contribution >= 4 is 63.0 Å². The average Bonchev–Trinajstić information content (AvgIpc) is 3.24. The Bertz CT molecular complexity index is 1260. The van der Waals surface area contributed by atoms with E-state index in [1.54, 1.807) is 0 Å². The zero-order valence-electron chi connectivity index (χ0n) is 16.5. The van der Waals surface area contributed by atoms with Gasteiger partial charge >= 0.3 is 0 Å². The van der Waals surface area contributed by atoms with Crippen molar-refractivity contribution in [2.75, 3.05) is 0 Å². The molecule has 3 aromatic carbocycles. The Kier molecular flexibility index (Phi) is 5.09. The first-order chi connectivity index (χ1) is 13.8. The van der Waals surface area contributed by atoms with Crippen LogP contribution in [0.2, 0.25) is 0 Å². The Morgan fingerprint density at radius 3 is 2.14 bits per heavy atom. The van der Waals surface area contributed by atoms with Gasteiger partial charge in [-0.05, 0) is 53.4 Å².